The zero-order valence-electron chi connectivity index (χ0n) is 18.7. The zero-order valence-corrected chi connectivity index (χ0v) is 18.7. The molecule has 0 atom stereocenters. The summed E-state index contributed by atoms with van der Waals surface area (Å²) in [4.78, 5) is 36.7. The van der Waals surface area contributed by atoms with Crippen molar-refractivity contribution >= 4 is 28.8 Å². The van der Waals surface area contributed by atoms with Crippen LogP contribution in [-0.4, -0.2) is 81.1 Å². The molecule has 1 aliphatic rings. The van der Waals surface area contributed by atoms with Gasteiger partial charge in [-0.25, -0.2) is 14.6 Å². The third-order valence-corrected chi connectivity index (χ3v) is 5.72. The first-order valence-corrected chi connectivity index (χ1v) is 11.1. The Morgan fingerprint density at radius 1 is 1.09 bits per heavy atom. The lowest BCUT2D eigenvalue weighted by atomic mass is 10.2. The van der Waals surface area contributed by atoms with Crippen molar-refractivity contribution in [2.24, 2.45) is 5.73 Å². The summed E-state index contributed by atoms with van der Waals surface area (Å²) in [5, 5.41) is 8.16. The maximum absolute atomic E-state index is 12.5. The van der Waals surface area contributed by atoms with Crippen molar-refractivity contribution in [3.63, 3.8) is 0 Å². The minimum Gasteiger partial charge on any atom is -0.379 e. The van der Waals surface area contributed by atoms with Crippen molar-refractivity contribution in [1.82, 2.24) is 29.9 Å². The second kappa shape index (κ2) is 10.3. The highest BCUT2D eigenvalue weighted by Gasteiger charge is 2.22. The Hall–Kier alpha value is -3.60. The van der Waals surface area contributed by atoms with Crippen molar-refractivity contribution < 1.29 is 14.3 Å². The number of aromatic nitrogens is 5. The van der Waals surface area contributed by atoms with Gasteiger partial charge in [0, 0.05) is 44.1 Å². The molecule has 0 bridgehead atoms. The summed E-state index contributed by atoms with van der Waals surface area (Å²) in [5.41, 5.74) is 8.26. The zero-order chi connectivity index (χ0) is 23.2. The number of amides is 2. The molecule has 2 N–H and O–H groups in total. The number of hydrogen-bond donors (Lipinski definition) is 1. The number of nitrogens with two attached hydrogens (primary N) is 1. The predicted molar refractivity (Wildman–Crippen MR) is 122 cm³/mol. The summed E-state index contributed by atoms with van der Waals surface area (Å²) in [6.45, 7) is 5.96. The SMILES string of the molecule is CCc1cnc(N2CCN(C(=O)CCOCCn3nnc4ccc(C(N)=O)cc43)CC2)nc1. The molecule has 33 heavy (non-hydrogen) atoms. The molecule has 1 aliphatic heterocycles. The molecule has 0 radical (unpaired) electrons. The fraction of sp³-hybridized carbons (Fsp3) is 0.455. The standard InChI is InChI=1S/C22H28N8O3/c1-2-16-14-24-22(25-15-16)29-8-6-28(7-9-29)20(31)5-11-33-12-10-30-19-13-17(21(23)32)3-4-18(19)26-27-30/h3-4,13-15H,2,5-12H2,1H3,(H2,23,32). The van der Waals surface area contributed by atoms with Crippen LogP contribution in [-0.2, 0) is 22.5 Å². The lowest BCUT2D eigenvalue weighted by Crippen LogP contribution is -2.49. The Labute approximate surface area is 191 Å². The first-order valence-electron chi connectivity index (χ1n) is 11.1. The van der Waals surface area contributed by atoms with Gasteiger partial charge in [-0.3, -0.25) is 9.59 Å². The average Bonchev–Trinajstić information content (AvgIpc) is 3.26. The van der Waals surface area contributed by atoms with Gasteiger partial charge in [-0.2, -0.15) is 0 Å². The lowest BCUT2D eigenvalue weighted by molar-refractivity contribution is -0.132. The van der Waals surface area contributed by atoms with E-state index >= 15 is 0 Å². The maximum atomic E-state index is 12.5. The van der Waals surface area contributed by atoms with Crippen LogP contribution in [0.5, 0.6) is 0 Å². The number of primary amides is 1. The predicted octanol–water partition coefficient (Wildman–Crippen LogP) is 0.638. The van der Waals surface area contributed by atoms with Crippen molar-refractivity contribution in [2.45, 2.75) is 26.3 Å². The molecule has 0 aliphatic carbocycles. The molecule has 1 fully saturated rings. The number of rotatable bonds is 9. The average molecular weight is 453 g/mol. The number of fused-ring (bicyclic) bond motifs is 1. The van der Waals surface area contributed by atoms with Gasteiger partial charge in [0.2, 0.25) is 17.8 Å². The highest BCUT2D eigenvalue weighted by Crippen LogP contribution is 2.14. The van der Waals surface area contributed by atoms with Crippen LogP contribution < -0.4 is 10.6 Å². The largest absolute Gasteiger partial charge is 0.379 e. The Morgan fingerprint density at radius 3 is 2.55 bits per heavy atom. The Kier molecular flexibility index (Phi) is 7.08. The van der Waals surface area contributed by atoms with Gasteiger partial charge in [-0.05, 0) is 30.2 Å². The lowest BCUT2D eigenvalue weighted by Gasteiger charge is -2.34. The number of aryl methyl sites for hydroxylation is 1. The fourth-order valence-corrected chi connectivity index (χ4v) is 3.70. The van der Waals surface area contributed by atoms with E-state index in [2.05, 4.69) is 32.1 Å². The van der Waals surface area contributed by atoms with Gasteiger partial charge < -0.3 is 20.3 Å². The molecular formula is C22H28N8O3. The smallest absolute Gasteiger partial charge is 0.248 e. The molecule has 0 unspecified atom stereocenters. The molecule has 174 valence electrons. The molecule has 1 saturated heterocycles. The highest BCUT2D eigenvalue weighted by molar-refractivity contribution is 5.96. The van der Waals surface area contributed by atoms with E-state index in [4.69, 9.17) is 10.5 Å². The van der Waals surface area contributed by atoms with Gasteiger partial charge in [0.25, 0.3) is 0 Å². The number of hydrogen-bond acceptors (Lipinski definition) is 8. The Morgan fingerprint density at radius 2 is 1.85 bits per heavy atom. The van der Waals surface area contributed by atoms with Crippen molar-refractivity contribution in [1.29, 1.82) is 0 Å². The quantitative estimate of drug-likeness (QED) is 0.468. The first-order chi connectivity index (χ1) is 16.0. The van der Waals surface area contributed by atoms with Crippen LogP contribution in [0.4, 0.5) is 5.95 Å². The first kappa shape index (κ1) is 22.6. The molecule has 11 heteroatoms. The number of anilines is 1. The third kappa shape index (κ3) is 5.43. The number of carbonyl (C=O) groups is 2. The minimum atomic E-state index is -0.498. The van der Waals surface area contributed by atoms with Crippen LogP contribution in [0.25, 0.3) is 11.0 Å². The fourth-order valence-electron chi connectivity index (χ4n) is 3.70. The van der Waals surface area contributed by atoms with E-state index < -0.39 is 5.91 Å². The van der Waals surface area contributed by atoms with E-state index in [1.807, 2.05) is 17.3 Å². The van der Waals surface area contributed by atoms with E-state index in [0.29, 0.717) is 69.4 Å². The second-order valence-electron chi connectivity index (χ2n) is 7.86. The Balaban J connectivity index is 1.18. The van der Waals surface area contributed by atoms with Gasteiger partial charge in [0.15, 0.2) is 0 Å². The molecule has 4 rings (SSSR count). The molecule has 2 aromatic heterocycles. The van der Waals surface area contributed by atoms with Crippen molar-refractivity contribution in [2.75, 3.05) is 44.3 Å². The van der Waals surface area contributed by atoms with Crippen LogP contribution in [0, 0.1) is 0 Å². The molecule has 2 amide bonds. The molecule has 0 saturated carbocycles. The number of piperazine rings is 1. The molecule has 1 aromatic carbocycles. The van der Waals surface area contributed by atoms with Gasteiger partial charge >= 0.3 is 0 Å². The highest BCUT2D eigenvalue weighted by atomic mass is 16.5. The second-order valence-corrected chi connectivity index (χ2v) is 7.86. The van der Waals surface area contributed by atoms with Gasteiger partial charge in [-0.15, -0.1) is 5.10 Å². The minimum absolute atomic E-state index is 0.0780. The van der Waals surface area contributed by atoms with Crippen molar-refractivity contribution in [3.05, 3.63) is 41.7 Å². The van der Waals surface area contributed by atoms with Gasteiger partial charge in [0.05, 0.1) is 31.7 Å². The molecule has 3 heterocycles. The third-order valence-electron chi connectivity index (χ3n) is 5.72. The van der Waals surface area contributed by atoms with Crippen LogP contribution in [0.15, 0.2) is 30.6 Å². The van der Waals surface area contributed by atoms with Crippen LogP contribution >= 0.6 is 0 Å². The van der Waals surface area contributed by atoms with Crippen molar-refractivity contribution in [3.8, 4) is 0 Å². The number of ether oxygens (including phenoxy) is 1. The Bertz CT molecular complexity index is 1110. The van der Waals surface area contributed by atoms with E-state index in [1.54, 1.807) is 22.9 Å². The van der Waals surface area contributed by atoms with Crippen LogP contribution in [0.3, 0.4) is 0 Å². The van der Waals surface area contributed by atoms with E-state index in [9.17, 15) is 9.59 Å². The summed E-state index contributed by atoms with van der Waals surface area (Å²) >= 11 is 0. The summed E-state index contributed by atoms with van der Waals surface area (Å²) < 4.78 is 7.31. The monoisotopic (exact) mass is 452 g/mol. The number of carbonyl (C=O) groups excluding carboxylic acids is 2. The van der Waals surface area contributed by atoms with Gasteiger partial charge in [0.1, 0.15) is 5.52 Å². The summed E-state index contributed by atoms with van der Waals surface area (Å²) in [5.74, 6) is 0.294. The molecular weight excluding hydrogens is 424 g/mol. The van der Waals surface area contributed by atoms with E-state index in [1.165, 1.54) is 0 Å². The summed E-state index contributed by atoms with van der Waals surface area (Å²) in [6.07, 6.45) is 4.95. The maximum Gasteiger partial charge on any atom is 0.248 e. The normalized spacial score (nSPS) is 14.1. The number of nitrogens with zero attached hydrogens (tertiary/aromatic N) is 7. The van der Waals surface area contributed by atoms with Crippen LogP contribution in [0.1, 0.15) is 29.3 Å². The van der Waals surface area contributed by atoms with Crippen LogP contribution in [0.2, 0.25) is 0 Å². The van der Waals surface area contributed by atoms with Gasteiger partial charge in [-0.1, -0.05) is 12.1 Å². The number of benzene rings is 1. The van der Waals surface area contributed by atoms with E-state index in [-0.39, 0.29) is 5.91 Å². The van der Waals surface area contributed by atoms with E-state index in [0.717, 1.165) is 17.5 Å². The molecule has 0 spiro atoms. The molecule has 11 nitrogen and oxygen atoms in total. The summed E-state index contributed by atoms with van der Waals surface area (Å²) in [7, 11) is 0. The summed E-state index contributed by atoms with van der Waals surface area (Å²) in [6, 6.07) is 5.01. The molecule has 3 aromatic rings. The topological polar surface area (TPSA) is 132 Å².